The molecule has 4 aromatic carbocycles. The third kappa shape index (κ3) is 2.70. The first kappa shape index (κ1) is 18.6. The zero-order valence-electron chi connectivity index (χ0n) is 17.9. The molecule has 0 radical (unpaired) electrons. The summed E-state index contributed by atoms with van der Waals surface area (Å²) in [6.07, 6.45) is 1.84. The van der Waals surface area contributed by atoms with Crippen molar-refractivity contribution in [2.24, 2.45) is 14.1 Å². The van der Waals surface area contributed by atoms with E-state index in [1.807, 2.05) is 12.3 Å². The zero-order chi connectivity index (χ0) is 21.8. The zero-order valence-corrected chi connectivity index (χ0v) is 17.9. The van der Waals surface area contributed by atoms with Crippen molar-refractivity contribution in [2.45, 2.75) is 0 Å². The Bertz CT molecular complexity index is 1710. The predicted octanol–water partition coefficient (Wildman–Crippen LogP) is 5.91. The lowest BCUT2D eigenvalue weighted by atomic mass is 9.92. The SMILES string of the molecule is Cn1c(=O)n(C)c2ncc(-c3ccc(-c4cc5ccccc5c5ccccc45)cc3)cc21. The van der Waals surface area contributed by atoms with Gasteiger partial charge in [0.15, 0.2) is 5.65 Å². The van der Waals surface area contributed by atoms with Crippen LogP contribution in [0, 0.1) is 0 Å². The first-order valence-corrected chi connectivity index (χ1v) is 10.6. The van der Waals surface area contributed by atoms with Gasteiger partial charge in [-0.2, -0.15) is 0 Å². The molecule has 0 N–H and O–H groups in total. The quantitative estimate of drug-likeness (QED) is 0.330. The maximum atomic E-state index is 12.2. The van der Waals surface area contributed by atoms with Crippen molar-refractivity contribution in [1.29, 1.82) is 0 Å². The van der Waals surface area contributed by atoms with Crippen LogP contribution in [-0.2, 0) is 14.1 Å². The highest BCUT2D eigenvalue weighted by atomic mass is 16.1. The van der Waals surface area contributed by atoms with Gasteiger partial charge >= 0.3 is 5.69 Å². The molecule has 0 aliphatic heterocycles. The molecule has 2 heterocycles. The van der Waals surface area contributed by atoms with Crippen molar-refractivity contribution >= 4 is 32.7 Å². The number of pyridine rings is 1. The van der Waals surface area contributed by atoms with Gasteiger partial charge in [0.1, 0.15) is 0 Å². The number of benzene rings is 4. The molecule has 0 aliphatic carbocycles. The number of aryl methyl sites for hydroxylation is 2. The van der Waals surface area contributed by atoms with E-state index in [0.29, 0.717) is 5.65 Å². The van der Waals surface area contributed by atoms with Crippen molar-refractivity contribution in [3.05, 3.63) is 102 Å². The topological polar surface area (TPSA) is 39.8 Å². The summed E-state index contributed by atoms with van der Waals surface area (Å²) in [5.74, 6) is 0. The Morgan fingerprint density at radius 3 is 2.09 bits per heavy atom. The average Bonchev–Trinajstić information content (AvgIpc) is 3.07. The summed E-state index contributed by atoms with van der Waals surface area (Å²) in [4.78, 5) is 16.8. The highest BCUT2D eigenvalue weighted by molar-refractivity contribution is 6.13. The molecule has 2 aromatic heterocycles. The van der Waals surface area contributed by atoms with Crippen molar-refractivity contribution in [2.75, 3.05) is 0 Å². The van der Waals surface area contributed by atoms with Crippen LogP contribution in [0.25, 0.3) is 55.0 Å². The number of rotatable bonds is 2. The van der Waals surface area contributed by atoms with Gasteiger partial charge in [0, 0.05) is 25.9 Å². The second kappa shape index (κ2) is 6.92. The molecule has 0 saturated heterocycles. The van der Waals surface area contributed by atoms with E-state index in [9.17, 15) is 4.79 Å². The number of aromatic nitrogens is 3. The van der Waals surface area contributed by atoms with Crippen molar-refractivity contribution in [3.8, 4) is 22.3 Å². The Balaban J connectivity index is 1.49. The van der Waals surface area contributed by atoms with Gasteiger partial charge in [-0.05, 0) is 50.4 Å². The third-order valence-electron chi connectivity index (χ3n) is 6.40. The fourth-order valence-electron chi connectivity index (χ4n) is 4.66. The van der Waals surface area contributed by atoms with Crippen LogP contribution in [0.15, 0.2) is 95.9 Å². The molecule has 0 atom stereocenters. The van der Waals surface area contributed by atoms with Crippen LogP contribution in [0.4, 0.5) is 0 Å². The molecule has 32 heavy (non-hydrogen) atoms. The highest BCUT2D eigenvalue weighted by Gasteiger charge is 2.12. The fourth-order valence-corrected chi connectivity index (χ4v) is 4.66. The largest absolute Gasteiger partial charge is 0.329 e. The molecule has 0 fully saturated rings. The Kier molecular flexibility index (Phi) is 4.02. The molecular weight excluding hydrogens is 394 g/mol. The van der Waals surface area contributed by atoms with Gasteiger partial charge in [0.25, 0.3) is 0 Å². The van der Waals surface area contributed by atoms with Gasteiger partial charge in [-0.3, -0.25) is 9.13 Å². The number of imidazole rings is 1. The minimum Gasteiger partial charge on any atom is -0.293 e. The number of fused-ring (bicyclic) bond motifs is 4. The lowest BCUT2D eigenvalue weighted by Gasteiger charge is -2.12. The van der Waals surface area contributed by atoms with Gasteiger partial charge in [-0.15, -0.1) is 0 Å². The van der Waals surface area contributed by atoms with Gasteiger partial charge in [-0.1, -0.05) is 72.8 Å². The molecule has 0 spiro atoms. The van der Waals surface area contributed by atoms with Gasteiger partial charge < -0.3 is 0 Å². The van der Waals surface area contributed by atoms with Crippen LogP contribution in [-0.4, -0.2) is 14.1 Å². The number of hydrogen-bond donors (Lipinski definition) is 0. The summed E-state index contributed by atoms with van der Waals surface area (Å²) in [6, 6.07) is 30.0. The summed E-state index contributed by atoms with van der Waals surface area (Å²) >= 11 is 0. The van der Waals surface area contributed by atoms with E-state index in [4.69, 9.17) is 0 Å². The molecule has 4 heteroatoms. The maximum absolute atomic E-state index is 12.2. The Labute approximate surface area is 185 Å². The molecule has 0 bridgehead atoms. The normalized spacial score (nSPS) is 11.6. The second-order valence-corrected chi connectivity index (χ2v) is 8.24. The van der Waals surface area contributed by atoms with Crippen LogP contribution in [0.1, 0.15) is 0 Å². The smallest absolute Gasteiger partial charge is 0.293 e. The molecule has 0 saturated carbocycles. The standard InChI is InChI=1S/C28H21N3O/c1-30-26-16-21(17-29-27(26)31(2)28(30)32)18-11-13-19(14-12-18)25-15-20-7-3-4-8-22(20)23-9-5-6-10-24(23)25/h3-17H,1-2H3. The van der Waals surface area contributed by atoms with Crippen molar-refractivity contribution in [3.63, 3.8) is 0 Å². The molecule has 4 nitrogen and oxygen atoms in total. The van der Waals surface area contributed by atoms with E-state index < -0.39 is 0 Å². The summed E-state index contributed by atoms with van der Waals surface area (Å²) in [5.41, 5.74) is 5.93. The summed E-state index contributed by atoms with van der Waals surface area (Å²) in [5, 5.41) is 5.03. The van der Waals surface area contributed by atoms with Crippen LogP contribution in [0.5, 0.6) is 0 Å². The van der Waals surface area contributed by atoms with Crippen molar-refractivity contribution < 1.29 is 0 Å². The van der Waals surface area contributed by atoms with Crippen molar-refractivity contribution in [1.82, 2.24) is 14.1 Å². The average molecular weight is 415 g/mol. The third-order valence-corrected chi connectivity index (χ3v) is 6.40. The first-order valence-electron chi connectivity index (χ1n) is 10.6. The molecule has 0 aliphatic rings. The summed E-state index contributed by atoms with van der Waals surface area (Å²) in [6.45, 7) is 0. The molecular formula is C28H21N3O. The Morgan fingerprint density at radius 1 is 0.656 bits per heavy atom. The summed E-state index contributed by atoms with van der Waals surface area (Å²) in [7, 11) is 3.53. The Morgan fingerprint density at radius 2 is 1.31 bits per heavy atom. The van der Waals surface area contributed by atoms with Crippen LogP contribution < -0.4 is 5.69 Å². The molecule has 0 amide bonds. The van der Waals surface area contributed by atoms with E-state index in [2.05, 4.69) is 83.8 Å². The monoisotopic (exact) mass is 415 g/mol. The fraction of sp³-hybridized carbons (Fsp3) is 0.0714. The molecule has 6 aromatic rings. The lowest BCUT2D eigenvalue weighted by molar-refractivity contribution is 0.791. The van der Waals surface area contributed by atoms with Gasteiger partial charge in [0.2, 0.25) is 0 Å². The number of nitrogens with zero attached hydrogens (tertiary/aromatic N) is 3. The van der Waals surface area contributed by atoms with Crippen LogP contribution >= 0.6 is 0 Å². The predicted molar refractivity (Wildman–Crippen MR) is 132 cm³/mol. The molecule has 154 valence electrons. The molecule has 0 unspecified atom stereocenters. The van der Waals surface area contributed by atoms with E-state index in [1.54, 1.807) is 23.2 Å². The van der Waals surface area contributed by atoms with E-state index >= 15 is 0 Å². The van der Waals surface area contributed by atoms with E-state index in [0.717, 1.165) is 16.6 Å². The minimum atomic E-state index is -0.0665. The van der Waals surface area contributed by atoms with E-state index in [-0.39, 0.29) is 5.69 Å². The molecule has 6 rings (SSSR count). The Hall–Kier alpha value is -4.18. The summed E-state index contributed by atoms with van der Waals surface area (Å²) < 4.78 is 3.22. The lowest BCUT2D eigenvalue weighted by Crippen LogP contribution is -2.19. The van der Waals surface area contributed by atoms with Gasteiger partial charge in [-0.25, -0.2) is 9.78 Å². The van der Waals surface area contributed by atoms with Crippen LogP contribution in [0.3, 0.4) is 0 Å². The highest BCUT2D eigenvalue weighted by Crippen LogP contribution is 2.35. The van der Waals surface area contributed by atoms with Gasteiger partial charge in [0.05, 0.1) is 5.52 Å². The first-order chi connectivity index (χ1) is 15.6. The number of hydrogen-bond acceptors (Lipinski definition) is 2. The minimum absolute atomic E-state index is 0.0665. The van der Waals surface area contributed by atoms with Crippen LogP contribution in [0.2, 0.25) is 0 Å². The second-order valence-electron chi connectivity index (χ2n) is 8.24. The van der Waals surface area contributed by atoms with E-state index in [1.165, 1.54) is 32.7 Å². The maximum Gasteiger partial charge on any atom is 0.329 e.